The first-order valence-electron chi connectivity index (χ1n) is 12.7. The molecule has 10 heteroatoms. The molecule has 0 aliphatic carbocycles. The second kappa shape index (κ2) is 16.2. The minimum atomic E-state index is -1.09. The van der Waals surface area contributed by atoms with Crippen LogP contribution in [-0.4, -0.2) is 33.4 Å². The van der Waals surface area contributed by atoms with Gasteiger partial charge in [-0.15, -0.1) is 0 Å². The molecule has 0 radical (unpaired) electrons. The Labute approximate surface area is 262 Å². The van der Waals surface area contributed by atoms with Crippen molar-refractivity contribution in [1.82, 2.24) is 0 Å². The minimum absolute atomic E-state index is 0. The third-order valence-electron chi connectivity index (χ3n) is 5.99. The predicted octanol–water partition coefficient (Wildman–Crippen LogP) is 5.36. The SMILES string of the molecule is CC(C)c1cc(C(=O)Cc2ccc(C(=O)O)c(Cl)c2)oc1C(C)C.CC(C)c1cc(C(=O)O)oc1C(C)C.[Na+].[OH-]. The van der Waals surface area contributed by atoms with Crippen molar-refractivity contribution < 1.29 is 68.5 Å². The summed E-state index contributed by atoms with van der Waals surface area (Å²) < 4.78 is 11.1. The monoisotopic (exact) mass is 584 g/mol. The van der Waals surface area contributed by atoms with Gasteiger partial charge < -0.3 is 24.5 Å². The van der Waals surface area contributed by atoms with Gasteiger partial charge in [-0.25, -0.2) is 9.59 Å². The van der Waals surface area contributed by atoms with Crippen LogP contribution in [0.1, 0.15) is 139 Å². The molecule has 0 spiro atoms. The van der Waals surface area contributed by atoms with E-state index >= 15 is 0 Å². The Bertz CT molecular complexity index is 1250. The zero-order chi connectivity index (χ0) is 28.9. The largest absolute Gasteiger partial charge is 1.00 e. The molecule has 214 valence electrons. The van der Waals surface area contributed by atoms with Gasteiger partial charge in [0, 0.05) is 18.3 Å². The fourth-order valence-corrected chi connectivity index (χ4v) is 4.28. The fraction of sp³-hybridized carbons (Fsp3) is 0.433. The summed E-state index contributed by atoms with van der Waals surface area (Å²) >= 11 is 5.95. The number of carboxylic acids is 2. The summed E-state index contributed by atoms with van der Waals surface area (Å²) in [5.74, 6) is 0.757. The van der Waals surface area contributed by atoms with Crippen LogP contribution >= 0.6 is 11.6 Å². The Morgan fingerprint density at radius 2 is 1.18 bits per heavy atom. The second-order valence-electron chi connectivity index (χ2n) is 10.5. The van der Waals surface area contributed by atoms with Crippen LogP contribution in [0.4, 0.5) is 0 Å². The van der Waals surface area contributed by atoms with Gasteiger partial charge >= 0.3 is 41.5 Å². The van der Waals surface area contributed by atoms with Gasteiger partial charge in [0.1, 0.15) is 11.5 Å². The van der Waals surface area contributed by atoms with E-state index in [1.54, 1.807) is 12.1 Å². The van der Waals surface area contributed by atoms with Crippen molar-refractivity contribution in [3.63, 3.8) is 0 Å². The van der Waals surface area contributed by atoms with E-state index in [4.69, 9.17) is 30.6 Å². The summed E-state index contributed by atoms with van der Waals surface area (Å²) in [5, 5.41) is 17.9. The Hall–Kier alpha value is -2.36. The van der Waals surface area contributed by atoms with Gasteiger partial charge in [0.2, 0.25) is 11.5 Å². The van der Waals surface area contributed by atoms with Crippen LogP contribution in [0.5, 0.6) is 0 Å². The van der Waals surface area contributed by atoms with E-state index in [0.29, 0.717) is 17.2 Å². The summed E-state index contributed by atoms with van der Waals surface area (Å²) in [6.07, 6.45) is 0.113. The number of carbonyl (C=O) groups is 3. The predicted molar refractivity (Wildman–Crippen MR) is 149 cm³/mol. The van der Waals surface area contributed by atoms with E-state index < -0.39 is 11.9 Å². The summed E-state index contributed by atoms with van der Waals surface area (Å²) in [4.78, 5) is 34.2. The third kappa shape index (κ3) is 9.63. The Morgan fingerprint density at radius 1 is 0.725 bits per heavy atom. The molecule has 0 unspecified atom stereocenters. The number of aromatic carboxylic acids is 2. The minimum Gasteiger partial charge on any atom is -0.870 e. The molecular weight excluding hydrogens is 547 g/mol. The fourth-order valence-electron chi connectivity index (χ4n) is 4.00. The van der Waals surface area contributed by atoms with Crippen LogP contribution < -0.4 is 29.6 Å². The first-order chi connectivity index (χ1) is 17.6. The molecule has 3 aromatic rings. The second-order valence-corrected chi connectivity index (χ2v) is 10.9. The maximum Gasteiger partial charge on any atom is 1.00 e. The number of carboxylic acid groups (broad SMARTS) is 2. The summed E-state index contributed by atoms with van der Waals surface area (Å²) in [6, 6.07) is 7.97. The number of ketones is 1. The topological polar surface area (TPSA) is 148 Å². The molecule has 2 heterocycles. The molecule has 0 saturated carbocycles. The van der Waals surface area contributed by atoms with Gasteiger partial charge in [0.25, 0.3) is 0 Å². The van der Waals surface area contributed by atoms with Gasteiger partial charge in [-0.2, -0.15) is 0 Å². The molecule has 40 heavy (non-hydrogen) atoms. The summed E-state index contributed by atoms with van der Waals surface area (Å²) in [7, 11) is 0. The number of hydrogen-bond acceptors (Lipinski definition) is 6. The standard InChI is InChI=1S/C19H21ClO4.C11H16O3.Na.H2O/c1-10(2)14-9-17(24-18(14)11(3)4)16(21)8-12-5-6-13(19(22)23)15(20)7-12;1-6(2)8-5-9(11(12)13)14-10(8)7(3)4;;/h5-7,9-11H,8H2,1-4H3,(H,22,23);5-7H,1-4H3,(H,12,13);;1H2/q;;+1;/p-1. The number of furan rings is 2. The molecule has 0 saturated heterocycles. The molecule has 0 aliphatic rings. The summed E-state index contributed by atoms with van der Waals surface area (Å²) in [5.41, 5.74) is 2.73. The molecule has 2 aromatic heterocycles. The molecule has 1 aromatic carbocycles. The number of Topliss-reactive ketones (excluding diaryl/α,β-unsaturated/α-hetero) is 1. The van der Waals surface area contributed by atoms with Crippen LogP contribution in [0.15, 0.2) is 39.2 Å². The third-order valence-corrected chi connectivity index (χ3v) is 6.30. The van der Waals surface area contributed by atoms with Crippen LogP contribution in [0.3, 0.4) is 0 Å². The number of benzene rings is 1. The molecule has 3 N–H and O–H groups in total. The zero-order valence-electron chi connectivity index (χ0n) is 24.7. The molecule has 0 aliphatic heterocycles. The van der Waals surface area contributed by atoms with Crippen molar-refractivity contribution in [2.45, 2.75) is 85.5 Å². The Balaban J connectivity index is 0.000000819. The van der Waals surface area contributed by atoms with Crippen LogP contribution in [-0.2, 0) is 6.42 Å². The van der Waals surface area contributed by atoms with Gasteiger partial charge in [-0.3, -0.25) is 4.79 Å². The van der Waals surface area contributed by atoms with Crippen molar-refractivity contribution in [3.8, 4) is 0 Å². The number of carbonyl (C=O) groups excluding carboxylic acids is 1. The Morgan fingerprint density at radius 3 is 1.52 bits per heavy atom. The van der Waals surface area contributed by atoms with Crippen LogP contribution in [0.2, 0.25) is 5.02 Å². The Kier molecular flexibility index (Phi) is 15.2. The van der Waals surface area contributed by atoms with E-state index in [0.717, 1.165) is 22.6 Å². The summed E-state index contributed by atoms with van der Waals surface area (Å²) in [6.45, 7) is 16.2. The smallest absolute Gasteiger partial charge is 0.870 e. The first-order valence-corrected chi connectivity index (χ1v) is 13.1. The van der Waals surface area contributed by atoms with Crippen LogP contribution in [0, 0.1) is 0 Å². The molecule has 0 amide bonds. The number of rotatable bonds is 9. The van der Waals surface area contributed by atoms with Gasteiger partial charge in [-0.1, -0.05) is 73.1 Å². The number of hydrogen-bond donors (Lipinski definition) is 2. The maximum atomic E-state index is 12.5. The van der Waals surface area contributed by atoms with E-state index in [9.17, 15) is 14.4 Å². The van der Waals surface area contributed by atoms with Gasteiger partial charge in [0.15, 0.2) is 5.76 Å². The quantitative estimate of drug-likeness (QED) is 0.252. The van der Waals surface area contributed by atoms with Gasteiger partial charge in [-0.05, 0) is 52.8 Å². The van der Waals surface area contributed by atoms with Crippen LogP contribution in [0.25, 0.3) is 0 Å². The average Bonchev–Trinajstić information content (AvgIpc) is 3.45. The van der Waals surface area contributed by atoms with E-state index in [1.807, 2.05) is 47.6 Å². The molecule has 8 nitrogen and oxygen atoms in total. The zero-order valence-corrected chi connectivity index (χ0v) is 27.4. The number of halogens is 1. The molecule has 0 fully saturated rings. The van der Waals surface area contributed by atoms with Crippen molar-refractivity contribution in [3.05, 3.63) is 80.6 Å². The van der Waals surface area contributed by atoms with Crippen molar-refractivity contribution >= 4 is 29.3 Å². The average molecular weight is 585 g/mol. The maximum absolute atomic E-state index is 12.5. The van der Waals surface area contributed by atoms with E-state index in [-0.39, 0.29) is 81.3 Å². The van der Waals surface area contributed by atoms with E-state index in [1.165, 1.54) is 12.1 Å². The van der Waals surface area contributed by atoms with Gasteiger partial charge in [0.05, 0.1) is 10.6 Å². The van der Waals surface area contributed by atoms with Crippen molar-refractivity contribution in [1.29, 1.82) is 0 Å². The molecular formula is C30H38ClNaO8. The van der Waals surface area contributed by atoms with Crippen molar-refractivity contribution in [2.24, 2.45) is 0 Å². The first kappa shape index (κ1) is 37.6. The molecule has 0 atom stereocenters. The van der Waals surface area contributed by atoms with Crippen molar-refractivity contribution in [2.75, 3.05) is 0 Å². The molecule has 3 rings (SSSR count). The molecule has 0 bridgehead atoms. The normalized spacial score (nSPS) is 10.7. The van der Waals surface area contributed by atoms with E-state index in [2.05, 4.69) is 13.8 Å².